The molecule has 0 rings (SSSR count). The first-order valence-electron chi connectivity index (χ1n) is 31.9. The van der Waals surface area contributed by atoms with E-state index in [4.69, 9.17) is 9.05 Å². The number of quaternary nitrogens is 1. The van der Waals surface area contributed by atoms with E-state index in [1.54, 1.807) is 0 Å². The van der Waals surface area contributed by atoms with Crippen LogP contribution in [0.2, 0.25) is 0 Å². The topological polar surface area (TPSA) is 108 Å². The minimum atomic E-state index is -4.57. The average Bonchev–Trinajstić information content (AvgIpc) is 3.33. The van der Waals surface area contributed by atoms with Gasteiger partial charge < -0.3 is 28.8 Å². The van der Waals surface area contributed by atoms with E-state index in [-0.39, 0.29) is 19.1 Å². The maximum absolute atomic E-state index is 13.0. The lowest BCUT2D eigenvalue weighted by molar-refractivity contribution is -0.870. The van der Waals surface area contributed by atoms with Gasteiger partial charge in [-0.05, 0) is 12.8 Å². The van der Waals surface area contributed by atoms with E-state index in [0.717, 1.165) is 38.5 Å². The molecular weight excluding hydrogens is 900 g/mol. The molecule has 8 nitrogen and oxygen atoms in total. The van der Waals surface area contributed by atoms with Crippen molar-refractivity contribution < 1.29 is 32.9 Å². The van der Waals surface area contributed by atoms with Crippen LogP contribution in [0.15, 0.2) is 0 Å². The van der Waals surface area contributed by atoms with Crippen LogP contribution in [0, 0.1) is 0 Å². The second-order valence-corrected chi connectivity index (χ2v) is 24.9. The second kappa shape index (κ2) is 54.3. The Morgan fingerprint density at radius 1 is 0.437 bits per heavy atom. The van der Waals surface area contributed by atoms with Crippen molar-refractivity contribution in [3.63, 3.8) is 0 Å². The van der Waals surface area contributed by atoms with E-state index in [2.05, 4.69) is 19.2 Å². The summed E-state index contributed by atoms with van der Waals surface area (Å²) >= 11 is 0. The molecule has 0 aromatic carbocycles. The van der Waals surface area contributed by atoms with Gasteiger partial charge in [-0.15, -0.1) is 0 Å². The monoisotopic (exact) mass is 1030 g/mol. The van der Waals surface area contributed by atoms with Gasteiger partial charge >= 0.3 is 0 Å². The minimum absolute atomic E-state index is 0.0168. The fourth-order valence-corrected chi connectivity index (χ4v) is 10.8. The molecular formula is C62H127N2O6P. The summed E-state index contributed by atoms with van der Waals surface area (Å²) in [7, 11) is 1.33. The lowest BCUT2D eigenvalue weighted by atomic mass is 10.0. The summed E-state index contributed by atoms with van der Waals surface area (Å²) in [5.41, 5.74) is 0. The molecule has 3 atom stereocenters. The van der Waals surface area contributed by atoms with Crippen LogP contribution in [-0.2, 0) is 18.4 Å². The molecule has 0 bridgehead atoms. The first-order chi connectivity index (χ1) is 34.5. The van der Waals surface area contributed by atoms with Gasteiger partial charge in [0.1, 0.15) is 13.2 Å². The minimum Gasteiger partial charge on any atom is -0.756 e. The Morgan fingerprint density at radius 2 is 0.690 bits per heavy atom. The molecule has 0 aliphatic heterocycles. The van der Waals surface area contributed by atoms with Gasteiger partial charge in [0.15, 0.2) is 0 Å². The van der Waals surface area contributed by atoms with Gasteiger partial charge in [-0.25, -0.2) is 0 Å². The quantitative estimate of drug-likeness (QED) is 0.0357. The van der Waals surface area contributed by atoms with E-state index >= 15 is 0 Å². The van der Waals surface area contributed by atoms with Crippen molar-refractivity contribution in [3.8, 4) is 0 Å². The number of carbonyl (C=O) groups excluding carboxylic acids is 1. The normalized spacial score (nSPS) is 13.7. The fraction of sp³-hybridized carbons (Fsp3) is 0.984. The van der Waals surface area contributed by atoms with Crippen molar-refractivity contribution in [3.05, 3.63) is 0 Å². The van der Waals surface area contributed by atoms with Crippen LogP contribution in [0.5, 0.6) is 0 Å². The molecule has 0 spiro atoms. The highest BCUT2D eigenvalue weighted by Gasteiger charge is 2.24. The van der Waals surface area contributed by atoms with Gasteiger partial charge in [0.2, 0.25) is 5.91 Å². The Kier molecular flexibility index (Phi) is 53.9. The number of hydrogen-bond donors (Lipinski definition) is 2. The number of unbranched alkanes of at least 4 members (excludes halogenated alkanes) is 47. The standard InChI is InChI=1S/C62H127N2O6P/c1-6-8-10-12-14-16-18-20-22-24-26-27-28-29-30-31-32-33-34-35-36-37-38-39-41-43-45-47-49-51-53-55-61(65)60(59-70-71(67,68)69-58-57-64(3,4)5)63-62(66)56-54-52-50-48-46-44-42-40-25-23-21-19-17-15-13-11-9-7-2/h60-61,65H,6-59H2,1-5H3,(H-,63,66,67,68). The Morgan fingerprint density at radius 3 is 0.958 bits per heavy atom. The summed E-state index contributed by atoms with van der Waals surface area (Å²) in [6.07, 6.45) is 65.9. The summed E-state index contributed by atoms with van der Waals surface area (Å²) < 4.78 is 23.5. The number of carbonyl (C=O) groups is 1. The van der Waals surface area contributed by atoms with Crippen LogP contribution < -0.4 is 10.2 Å². The van der Waals surface area contributed by atoms with Crippen molar-refractivity contribution in [1.29, 1.82) is 0 Å². The largest absolute Gasteiger partial charge is 0.756 e. The highest BCUT2D eigenvalue weighted by Crippen LogP contribution is 2.38. The summed E-state index contributed by atoms with van der Waals surface area (Å²) in [6.45, 7) is 4.79. The first kappa shape index (κ1) is 70.5. The summed E-state index contributed by atoms with van der Waals surface area (Å²) in [4.78, 5) is 25.6. The predicted molar refractivity (Wildman–Crippen MR) is 307 cm³/mol. The second-order valence-electron chi connectivity index (χ2n) is 23.5. The molecule has 0 heterocycles. The number of likely N-dealkylation sites (N-methyl/N-ethyl adjacent to an activating group) is 1. The number of hydrogen-bond acceptors (Lipinski definition) is 6. The fourth-order valence-electron chi connectivity index (χ4n) is 10.1. The van der Waals surface area contributed by atoms with Crippen LogP contribution in [-0.4, -0.2) is 68.5 Å². The maximum atomic E-state index is 13.0. The van der Waals surface area contributed by atoms with Gasteiger partial charge in [-0.3, -0.25) is 9.36 Å². The number of nitrogens with zero attached hydrogens (tertiary/aromatic N) is 1. The zero-order valence-electron chi connectivity index (χ0n) is 48.7. The molecule has 0 saturated heterocycles. The summed E-state index contributed by atoms with van der Waals surface area (Å²) in [5, 5.41) is 14.1. The van der Waals surface area contributed by atoms with Crippen molar-refractivity contribution >= 4 is 13.7 Å². The van der Waals surface area contributed by atoms with Crippen LogP contribution in [0.3, 0.4) is 0 Å². The molecule has 0 saturated carbocycles. The van der Waals surface area contributed by atoms with E-state index in [1.165, 1.54) is 276 Å². The number of phosphoric ester groups is 1. The van der Waals surface area contributed by atoms with E-state index in [9.17, 15) is 19.4 Å². The van der Waals surface area contributed by atoms with Crippen LogP contribution in [0.1, 0.15) is 341 Å². The molecule has 0 fully saturated rings. The Hall–Kier alpha value is -0.500. The molecule has 1 amide bonds. The third-order valence-corrected chi connectivity index (χ3v) is 16.1. The van der Waals surface area contributed by atoms with E-state index in [1.807, 2.05) is 21.1 Å². The summed E-state index contributed by atoms with van der Waals surface area (Å²) in [5.74, 6) is -0.156. The molecule has 2 N–H and O–H groups in total. The van der Waals surface area contributed by atoms with Crippen LogP contribution in [0.4, 0.5) is 0 Å². The van der Waals surface area contributed by atoms with Crippen LogP contribution >= 0.6 is 7.82 Å². The highest BCUT2D eigenvalue weighted by atomic mass is 31.2. The Labute approximate surface area is 444 Å². The number of aliphatic hydroxyl groups excluding tert-OH is 1. The molecule has 9 heteroatoms. The van der Waals surface area contributed by atoms with Gasteiger partial charge in [0, 0.05) is 6.42 Å². The number of rotatable bonds is 60. The number of phosphoric acid groups is 1. The average molecular weight is 1030 g/mol. The van der Waals surface area contributed by atoms with Crippen molar-refractivity contribution in [2.45, 2.75) is 353 Å². The molecule has 0 aliphatic rings. The van der Waals surface area contributed by atoms with Crippen molar-refractivity contribution in [1.82, 2.24) is 5.32 Å². The third-order valence-electron chi connectivity index (χ3n) is 15.1. The highest BCUT2D eigenvalue weighted by molar-refractivity contribution is 7.45. The molecule has 0 radical (unpaired) electrons. The molecule has 0 aromatic heterocycles. The SMILES string of the molecule is CCCCCCCCCCCCCCCCCCCCCCCCCCCCCCCCCC(O)C(COP(=O)([O-])OCC[N+](C)(C)C)NC(=O)CCCCCCCCCCCCCCCCCCCC. The van der Waals surface area contributed by atoms with Gasteiger partial charge in [0.25, 0.3) is 7.82 Å². The number of amides is 1. The zero-order chi connectivity index (χ0) is 52.0. The van der Waals surface area contributed by atoms with Gasteiger partial charge in [-0.2, -0.15) is 0 Å². The predicted octanol–water partition coefficient (Wildman–Crippen LogP) is 19.0. The van der Waals surface area contributed by atoms with E-state index < -0.39 is 20.0 Å². The van der Waals surface area contributed by atoms with Gasteiger partial charge in [0.05, 0.1) is 39.9 Å². The molecule has 426 valence electrons. The number of nitrogens with one attached hydrogen (secondary N) is 1. The van der Waals surface area contributed by atoms with Crippen LogP contribution in [0.25, 0.3) is 0 Å². The maximum Gasteiger partial charge on any atom is 0.268 e. The van der Waals surface area contributed by atoms with E-state index in [0.29, 0.717) is 23.9 Å². The lowest BCUT2D eigenvalue weighted by Crippen LogP contribution is -2.46. The molecule has 0 aliphatic carbocycles. The third kappa shape index (κ3) is 57.1. The Balaban J connectivity index is 4.00. The number of aliphatic hydroxyl groups is 1. The Bertz CT molecular complexity index is 1120. The first-order valence-corrected chi connectivity index (χ1v) is 33.3. The lowest BCUT2D eigenvalue weighted by Gasteiger charge is -2.30. The summed E-state index contributed by atoms with van der Waals surface area (Å²) in [6, 6.07) is -0.795. The smallest absolute Gasteiger partial charge is 0.268 e. The molecule has 0 aromatic rings. The molecule has 71 heavy (non-hydrogen) atoms. The zero-order valence-corrected chi connectivity index (χ0v) is 49.6. The van der Waals surface area contributed by atoms with Crippen molar-refractivity contribution in [2.75, 3.05) is 40.9 Å². The van der Waals surface area contributed by atoms with Gasteiger partial charge in [-0.1, -0.05) is 322 Å². The van der Waals surface area contributed by atoms with Crippen molar-refractivity contribution in [2.24, 2.45) is 0 Å². The molecule has 3 unspecified atom stereocenters.